The van der Waals surface area contributed by atoms with Gasteiger partial charge in [0, 0.05) is 5.02 Å². The zero-order chi connectivity index (χ0) is 18.8. The van der Waals surface area contributed by atoms with Crippen LogP contribution in [0, 0.1) is 6.92 Å². The number of phenols is 1. The number of phenolic OH excluding ortho intramolecular Hbond substituents is 1. The van der Waals surface area contributed by atoms with Crippen molar-refractivity contribution in [1.82, 2.24) is 9.78 Å². The van der Waals surface area contributed by atoms with Crippen molar-refractivity contribution in [1.29, 1.82) is 0 Å². The third kappa shape index (κ3) is 3.35. The summed E-state index contributed by atoms with van der Waals surface area (Å²) in [5.41, 5.74) is 1.12. The van der Waals surface area contributed by atoms with Crippen molar-refractivity contribution in [3.8, 4) is 17.3 Å². The molecule has 0 aliphatic rings. The molecule has 0 saturated carbocycles. The van der Waals surface area contributed by atoms with E-state index in [9.17, 15) is 15.0 Å². The lowest BCUT2D eigenvalue weighted by molar-refractivity contribution is 0.0696. The molecular weight excluding hydrogens is 360 g/mol. The highest BCUT2D eigenvalue weighted by Gasteiger charge is 2.16. The van der Waals surface area contributed by atoms with E-state index in [1.807, 2.05) is 0 Å². The number of aromatic nitrogens is 2. The number of carboxylic acid groups (broad SMARTS) is 1. The van der Waals surface area contributed by atoms with Crippen LogP contribution in [0.3, 0.4) is 0 Å². The molecule has 0 aliphatic heterocycles. The number of aromatic hydroxyl groups is 2. The Hall–Kier alpha value is -3.39. The monoisotopic (exact) mass is 372 g/mol. The summed E-state index contributed by atoms with van der Waals surface area (Å²) in [6, 6.07) is 10.4. The van der Waals surface area contributed by atoms with Crippen LogP contribution in [-0.4, -0.2) is 31.1 Å². The molecule has 0 saturated heterocycles. The Morgan fingerprint density at radius 2 is 1.81 bits per heavy atom. The molecule has 0 fully saturated rings. The number of carboxylic acids is 1. The van der Waals surface area contributed by atoms with Crippen LogP contribution in [0.5, 0.6) is 11.6 Å². The predicted molar refractivity (Wildman–Crippen MR) is 94.2 cm³/mol. The molecule has 26 heavy (non-hydrogen) atoms. The Bertz CT molecular complexity index is 1010. The van der Waals surface area contributed by atoms with Crippen molar-refractivity contribution in [2.24, 2.45) is 10.2 Å². The second-order valence-corrected chi connectivity index (χ2v) is 5.79. The fraction of sp³-hybridized carbons (Fsp3) is 0.0588. The molecule has 0 unspecified atom stereocenters. The zero-order valence-corrected chi connectivity index (χ0v) is 14.2. The van der Waals surface area contributed by atoms with Gasteiger partial charge in [0.2, 0.25) is 5.88 Å². The second-order valence-electron chi connectivity index (χ2n) is 5.35. The molecule has 9 heteroatoms. The number of carbonyl (C=O) groups is 1. The van der Waals surface area contributed by atoms with Crippen LogP contribution in [0.1, 0.15) is 16.1 Å². The van der Waals surface area contributed by atoms with E-state index in [1.54, 1.807) is 31.2 Å². The number of benzene rings is 2. The molecule has 3 aromatic rings. The van der Waals surface area contributed by atoms with Crippen molar-refractivity contribution in [3.63, 3.8) is 0 Å². The lowest BCUT2D eigenvalue weighted by Gasteiger charge is -2.02. The number of halogens is 1. The highest BCUT2D eigenvalue weighted by atomic mass is 35.5. The molecule has 0 amide bonds. The average Bonchev–Trinajstić information content (AvgIpc) is 2.89. The largest absolute Gasteiger partial charge is 0.506 e. The first kappa shape index (κ1) is 17.4. The number of hydrogen-bond donors (Lipinski definition) is 3. The van der Waals surface area contributed by atoms with Crippen molar-refractivity contribution in [2.45, 2.75) is 6.92 Å². The number of rotatable bonds is 4. The second kappa shape index (κ2) is 6.85. The Balaban J connectivity index is 1.94. The lowest BCUT2D eigenvalue weighted by atomic mass is 10.2. The van der Waals surface area contributed by atoms with Crippen LogP contribution in [0.2, 0.25) is 5.02 Å². The van der Waals surface area contributed by atoms with Gasteiger partial charge in [-0.3, -0.25) is 0 Å². The van der Waals surface area contributed by atoms with Crippen LogP contribution in [0.15, 0.2) is 52.7 Å². The van der Waals surface area contributed by atoms with E-state index in [0.29, 0.717) is 16.4 Å². The molecule has 1 aromatic heterocycles. The topological polar surface area (TPSA) is 120 Å². The van der Waals surface area contributed by atoms with Crippen molar-refractivity contribution < 1.29 is 20.1 Å². The van der Waals surface area contributed by atoms with Crippen molar-refractivity contribution in [3.05, 3.63) is 58.7 Å². The molecule has 0 aliphatic carbocycles. The summed E-state index contributed by atoms with van der Waals surface area (Å²) >= 11 is 5.85. The maximum absolute atomic E-state index is 10.9. The smallest absolute Gasteiger partial charge is 0.335 e. The van der Waals surface area contributed by atoms with Gasteiger partial charge < -0.3 is 15.3 Å². The standard InChI is InChI=1S/C17H13ClN4O4/c1-9-15(16(24)22(21-9)12-5-3-11(18)4-6-12)20-19-13-7-2-10(17(25)26)8-14(13)23/h2-8,23-24H,1H3,(H,25,26). The van der Waals surface area contributed by atoms with Gasteiger partial charge in [0.05, 0.1) is 16.9 Å². The maximum Gasteiger partial charge on any atom is 0.335 e. The van der Waals surface area contributed by atoms with Crippen LogP contribution in [0.4, 0.5) is 11.4 Å². The number of aromatic carboxylic acids is 1. The number of nitrogens with zero attached hydrogens (tertiary/aromatic N) is 4. The third-order valence-electron chi connectivity index (χ3n) is 3.56. The number of aryl methyl sites for hydroxylation is 1. The first-order valence-corrected chi connectivity index (χ1v) is 7.77. The molecule has 0 radical (unpaired) electrons. The van der Waals surface area contributed by atoms with E-state index in [4.69, 9.17) is 16.7 Å². The van der Waals surface area contributed by atoms with Gasteiger partial charge in [0.1, 0.15) is 11.4 Å². The van der Waals surface area contributed by atoms with E-state index >= 15 is 0 Å². The van der Waals surface area contributed by atoms with Crippen molar-refractivity contribution in [2.75, 3.05) is 0 Å². The minimum atomic E-state index is -1.17. The van der Waals surface area contributed by atoms with E-state index in [0.717, 1.165) is 6.07 Å². The summed E-state index contributed by atoms with van der Waals surface area (Å²) in [7, 11) is 0. The van der Waals surface area contributed by atoms with Gasteiger partial charge in [0.25, 0.3) is 0 Å². The highest BCUT2D eigenvalue weighted by molar-refractivity contribution is 6.30. The van der Waals surface area contributed by atoms with Crippen LogP contribution in [-0.2, 0) is 0 Å². The van der Waals surface area contributed by atoms with Gasteiger partial charge in [-0.2, -0.15) is 9.78 Å². The predicted octanol–water partition coefficient (Wildman–Crippen LogP) is 4.36. The molecule has 1 heterocycles. The molecule has 0 spiro atoms. The Labute approximate surface area is 152 Å². The molecular formula is C17H13ClN4O4. The Kier molecular flexibility index (Phi) is 4.59. The van der Waals surface area contributed by atoms with Gasteiger partial charge in [-0.25, -0.2) is 4.79 Å². The Morgan fingerprint density at radius 1 is 1.12 bits per heavy atom. The summed E-state index contributed by atoms with van der Waals surface area (Å²) in [4.78, 5) is 10.9. The average molecular weight is 373 g/mol. The molecule has 3 rings (SSSR count). The minimum absolute atomic E-state index is 0.0630. The highest BCUT2D eigenvalue weighted by Crippen LogP contribution is 2.35. The van der Waals surface area contributed by atoms with Crippen LogP contribution >= 0.6 is 11.6 Å². The third-order valence-corrected chi connectivity index (χ3v) is 3.81. The fourth-order valence-corrected chi connectivity index (χ4v) is 2.36. The van der Waals surface area contributed by atoms with Crippen molar-refractivity contribution >= 4 is 28.9 Å². The molecule has 8 nitrogen and oxygen atoms in total. The zero-order valence-electron chi connectivity index (χ0n) is 13.5. The number of azo groups is 1. The Morgan fingerprint density at radius 3 is 2.42 bits per heavy atom. The molecule has 0 atom stereocenters. The molecule has 0 bridgehead atoms. The van der Waals surface area contributed by atoms with Crippen LogP contribution in [0.25, 0.3) is 5.69 Å². The van der Waals surface area contributed by atoms with E-state index < -0.39 is 5.97 Å². The SMILES string of the molecule is Cc1nn(-c2ccc(Cl)cc2)c(O)c1N=Nc1ccc(C(=O)O)cc1O. The molecule has 132 valence electrons. The van der Waals surface area contributed by atoms with E-state index in [1.165, 1.54) is 16.8 Å². The maximum atomic E-state index is 10.9. The van der Waals surface area contributed by atoms with Gasteiger partial charge in [-0.15, -0.1) is 10.2 Å². The summed E-state index contributed by atoms with van der Waals surface area (Å²) in [6.07, 6.45) is 0. The molecule has 2 aromatic carbocycles. The summed E-state index contributed by atoms with van der Waals surface area (Å²) in [5.74, 6) is -1.73. The van der Waals surface area contributed by atoms with E-state index in [2.05, 4.69) is 15.3 Å². The number of hydrogen-bond acceptors (Lipinski definition) is 6. The van der Waals surface area contributed by atoms with Gasteiger partial charge in [0.15, 0.2) is 5.69 Å². The normalized spacial score (nSPS) is 11.2. The quantitative estimate of drug-likeness (QED) is 0.587. The van der Waals surface area contributed by atoms with Gasteiger partial charge >= 0.3 is 5.97 Å². The summed E-state index contributed by atoms with van der Waals surface area (Å²) in [6.45, 7) is 1.65. The fourth-order valence-electron chi connectivity index (χ4n) is 2.23. The summed E-state index contributed by atoms with van der Waals surface area (Å²) < 4.78 is 1.29. The lowest BCUT2D eigenvalue weighted by Crippen LogP contribution is -1.95. The first-order valence-electron chi connectivity index (χ1n) is 7.39. The van der Waals surface area contributed by atoms with Gasteiger partial charge in [-0.1, -0.05) is 11.6 Å². The molecule has 3 N–H and O–H groups in total. The van der Waals surface area contributed by atoms with Crippen LogP contribution < -0.4 is 0 Å². The minimum Gasteiger partial charge on any atom is -0.506 e. The van der Waals surface area contributed by atoms with E-state index in [-0.39, 0.29) is 28.6 Å². The summed E-state index contributed by atoms with van der Waals surface area (Å²) in [5, 5.41) is 41.7. The first-order chi connectivity index (χ1) is 12.4. The van der Waals surface area contributed by atoms with Gasteiger partial charge in [-0.05, 0) is 49.4 Å².